The molecule has 24 heavy (non-hydrogen) atoms. The summed E-state index contributed by atoms with van der Waals surface area (Å²) in [5, 5.41) is 4.04. The summed E-state index contributed by atoms with van der Waals surface area (Å²) < 4.78 is 48.2. The van der Waals surface area contributed by atoms with Crippen LogP contribution in [-0.2, 0) is 21.3 Å². The number of aryl methyl sites for hydroxylation is 1. The monoisotopic (exact) mass is 373 g/mol. The van der Waals surface area contributed by atoms with E-state index in [1.807, 2.05) is 13.1 Å². The van der Waals surface area contributed by atoms with Gasteiger partial charge < -0.3 is 4.74 Å². The van der Waals surface area contributed by atoms with Gasteiger partial charge >= 0.3 is 0 Å². The van der Waals surface area contributed by atoms with Gasteiger partial charge in [-0.05, 0) is 19.1 Å². The summed E-state index contributed by atoms with van der Waals surface area (Å²) in [5.74, 6) is -0.857. The topological polar surface area (TPSA) is 64.4 Å². The van der Waals surface area contributed by atoms with Crippen LogP contribution in [0.4, 0.5) is 4.39 Å². The number of benzene rings is 1. The van der Waals surface area contributed by atoms with Crippen LogP contribution in [0.25, 0.3) is 0 Å². The predicted octanol–water partition coefficient (Wildman–Crippen LogP) is 2.46. The highest BCUT2D eigenvalue weighted by Gasteiger charge is 2.35. The number of nitrogens with zero attached hydrogens (tertiary/aromatic N) is 3. The summed E-state index contributed by atoms with van der Waals surface area (Å²) in [7, 11) is -4.04. The maximum Gasteiger partial charge on any atom is 0.247 e. The molecule has 130 valence electrons. The minimum atomic E-state index is -4.04. The molecule has 9 heteroatoms. The third kappa shape index (κ3) is 3.19. The Morgan fingerprint density at radius 3 is 2.92 bits per heavy atom. The first-order valence-corrected chi connectivity index (χ1v) is 9.33. The van der Waals surface area contributed by atoms with Gasteiger partial charge in [-0.1, -0.05) is 17.7 Å². The highest BCUT2D eigenvalue weighted by molar-refractivity contribution is 7.89. The minimum Gasteiger partial charge on any atom is -0.371 e. The molecular formula is C15H17ClFN3O3S. The molecule has 0 aliphatic carbocycles. The Labute approximate surface area is 144 Å². The fourth-order valence-corrected chi connectivity index (χ4v) is 4.61. The molecule has 1 aliphatic rings. The second kappa shape index (κ2) is 6.79. The molecule has 1 saturated heterocycles. The third-order valence-corrected chi connectivity index (χ3v) is 6.26. The molecule has 3 rings (SSSR count). The summed E-state index contributed by atoms with van der Waals surface area (Å²) in [6.45, 7) is 3.11. The standard InChI is InChI=1S/C15H17ClFN3O3S/c1-2-19-9-11(8-18-19)14-10-20(6-7-23-14)24(21,22)15-12(16)4-3-5-13(15)17/h3-5,8-9,14H,2,6-7,10H2,1H3/t14-/m0/s1. The zero-order chi connectivity index (χ0) is 17.3. The van der Waals surface area contributed by atoms with Gasteiger partial charge in [0.05, 0.1) is 23.9 Å². The quantitative estimate of drug-likeness (QED) is 0.825. The van der Waals surface area contributed by atoms with Crippen molar-refractivity contribution in [3.05, 3.63) is 47.0 Å². The number of hydrogen-bond donors (Lipinski definition) is 0. The van der Waals surface area contributed by atoms with E-state index in [9.17, 15) is 12.8 Å². The first kappa shape index (κ1) is 17.3. The molecule has 2 heterocycles. The van der Waals surface area contributed by atoms with Crippen molar-refractivity contribution < 1.29 is 17.5 Å². The highest BCUT2D eigenvalue weighted by atomic mass is 35.5. The van der Waals surface area contributed by atoms with Crippen molar-refractivity contribution in [1.29, 1.82) is 0 Å². The lowest BCUT2D eigenvalue weighted by Gasteiger charge is -2.32. The van der Waals surface area contributed by atoms with Crippen molar-refractivity contribution >= 4 is 21.6 Å². The lowest BCUT2D eigenvalue weighted by atomic mass is 10.2. The Balaban J connectivity index is 1.88. The molecule has 0 N–H and O–H groups in total. The maximum absolute atomic E-state index is 14.0. The molecule has 1 fully saturated rings. The van der Waals surface area contributed by atoms with E-state index in [-0.39, 0.29) is 24.7 Å². The van der Waals surface area contributed by atoms with E-state index in [1.54, 1.807) is 10.9 Å². The molecule has 1 atom stereocenters. The predicted molar refractivity (Wildman–Crippen MR) is 86.8 cm³/mol. The molecule has 0 bridgehead atoms. The number of sulfonamides is 1. The van der Waals surface area contributed by atoms with Gasteiger partial charge in [-0.3, -0.25) is 4.68 Å². The van der Waals surface area contributed by atoms with E-state index in [4.69, 9.17) is 16.3 Å². The van der Waals surface area contributed by atoms with Gasteiger partial charge in [0.1, 0.15) is 10.7 Å². The molecule has 1 aliphatic heterocycles. The van der Waals surface area contributed by atoms with E-state index in [0.717, 1.165) is 11.6 Å². The number of hydrogen-bond acceptors (Lipinski definition) is 4. The first-order valence-electron chi connectivity index (χ1n) is 7.51. The molecule has 2 aromatic rings. The molecule has 0 saturated carbocycles. The highest BCUT2D eigenvalue weighted by Crippen LogP contribution is 2.31. The van der Waals surface area contributed by atoms with E-state index in [0.29, 0.717) is 6.54 Å². The van der Waals surface area contributed by atoms with Crippen molar-refractivity contribution in [3.63, 3.8) is 0 Å². The summed E-state index contributed by atoms with van der Waals surface area (Å²) in [6, 6.07) is 3.82. The Morgan fingerprint density at radius 1 is 1.46 bits per heavy atom. The number of halogens is 2. The maximum atomic E-state index is 14.0. The third-order valence-electron chi connectivity index (χ3n) is 3.89. The molecular weight excluding hydrogens is 357 g/mol. The van der Waals surface area contributed by atoms with Gasteiger partial charge in [0.25, 0.3) is 0 Å². The van der Waals surface area contributed by atoms with Crippen molar-refractivity contribution in [1.82, 2.24) is 14.1 Å². The smallest absolute Gasteiger partial charge is 0.247 e. The second-order valence-electron chi connectivity index (χ2n) is 5.40. The van der Waals surface area contributed by atoms with Crippen LogP contribution in [0.15, 0.2) is 35.5 Å². The molecule has 1 aromatic carbocycles. The number of morpholine rings is 1. The van der Waals surface area contributed by atoms with Gasteiger partial charge in [0.2, 0.25) is 10.0 Å². The second-order valence-corrected chi connectivity index (χ2v) is 7.68. The zero-order valence-corrected chi connectivity index (χ0v) is 14.6. The normalized spacial score (nSPS) is 19.5. The van der Waals surface area contributed by atoms with Gasteiger partial charge in [0.15, 0.2) is 0 Å². The van der Waals surface area contributed by atoms with E-state index in [2.05, 4.69) is 5.10 Å². The van der Waals surface area contributed by atoms with Gasteiger partial charge in [0, 0.05) is 31.4 Å². The first-order chi connectivity index (χ1) is 11.4. The Hall–Kier alpha value is -1.48. The van der Waals surface area contributed by atoms with E-state index < -0.39 is 26.8 Å². The van der Waals surface area contributed by atoms with Crippen molar-refractivity contribution in [2.45, 2.75) is 24.5 Å². The van der Waals surface area contributed by atoms with Crippen LogP contribution in [-0.4, -0.2) is 42.2 Å². The Morgan fingerprint density at radius 2 is 2.25 bits per heavy atom. The van der Waals surface area contributed by atoms with Gasteiger partial charge in [-0.25, -0.2) is 12.8 Å². The molecule has 0 spiro atoms. The Bertz CT molecular complexity index is 820. The summed E-state index contributed by atoms with van der Waals surface area (Å²) in [6.07, 6.45) is 3.02. The largest absolute Gasteiger partial charge is 0.371 e. The number of rotatable bonds is 4. The van der Waals surface area contributed by atoms with E-state index in [1.165, 1.54) is 16.4 Å². The zero-order valence-electron chi connectivity index (χ0n) is 13.0. The summed E-state index contributed by atoms with van der Waals surface area (Å²) in [5.41, 5.74) is 0.788. The molecule has 1 aromatic heterocycles. The lowest BCUT2D eigenvalue weighted by Crippen LogP contribution is -2.42. The molecule has 0 unspecified atom stereocenters. The average molecular weight is 374 g/mol. The number of aromatic nitrogens is 2. The van der Waals surface area contributed by atoms with E-state index >= 15 is 0 Å². The average Bonchev–Trinajstić information content (AvgIpc) is 3.04. The molecule has 0 radical (unpaired) electrons. The van der Waals surface area contributed by atoms with Crippen molar-refractivity contribution in [2.75, 3.05) is 19.7 Å². The fourth-order valence-electron chi connectivity index (χ4n) is 2.62. The summed E-state index contributed by atoms with van der Waals surface area (Å²) in [4.78, 5) is -0.489. The van der Waals surface area contributed by atoms with Crippen LogP contribution in [0.2, 0.25) is 5.02 Å². The fraction of sp³-hybridized carbons (Fsp3) is 0.400. The van der Waals surface area contributed by atoms with Crippen molar-refractivity contribution in [3.8, 4) is 0 Å². The lowest BCUT2D eigenvalue weighted by molar-refractivity contribution is -0.00265. The Kier molecular flexibility index (Phi) is 4.91. The number of ether oxygens (including phenoxy) is 1. The van der Waals surface area contributed by atoms with Gasteiger partial charge in [-0.2, -0.15) is 9.40 Å². The van der Waals surface area contributed by atoms with Crippen LogP contribution in [0.5, 0.6) is 0 Å². The van der Waals surface area contributed by atoms with Crippen LogP contribution < -0.4 is 0 Å². The van der Waals surface area contributed by atoms with Crippen LogP contribution in [0.3, 0.4) is 0 Å². The van der Waals surface area contributed by atoms with Crippen LogP contribution >= 0.6 is 11.6 Å². The van der Waals surface area contributed by atoms with Crippen molar-refractivity contribution in [2.24, 2.45) is 0 Å². The molecule has 6 nitrogen and oxygen atoms in total. The van der Waals surface area contributed by atoms with Gasteiger partial charge in [-0.15, -0.1) is 0 Å². The SMILES string of the molecule is CCn1cc([C@@H]2CN(S(=O)(=O)c3c(F)cccc3Cl)CCO2)cn1. The minimum absolute atomic E-state index is 0.0857. The molecule has 0 amide bonds. The summed E-state index contributed by atoms with van der Waals surface area (Å²) >= 11 is 5.92. The van der Waals surface area contributed by atoms with Crippen LogP contribution in [0, 0.1) is 5.82 Å². The van der Waals surface area contributed by atoms with Crippen LogP contribution in [0.1, 0.15) is 18.6 Å².